The van der Waals surface area contributed by atoms with Gasteiger partial charge in [-0.15, -0.1) is 0 Å². The van der Waals surface area contributed by atoms with Gasteiger partial charge in [0.1, 0.15) is 5.75 Å². The molecule has 0 amide bonds. The normalized spacial score (nSPS) is 13.0. The van der Waals surface area contributed by atoms with E-state index < -0.39 is 0 Å². The third-order valence-electron chi connectivity index (χ3n) is 3.52. The van der Waals surface area contributed by atoms with Crippen LogP contribution in [0.2, 0.25) is 0 Å². The number of rotatable bonds is 10. The van der Waals surface area contributed by atoms with Crippen molar-refractivity contribution in [2.24, 2.45) is 0 Å². The van der Waals surface area contributed by atoms with Crippen LogP contribution in [-0.4, -0.2) is 63.1 Å². The van der Waals surface area contributed by atoms with Crippen molar-refractivity contribution in [3.63, 3.8) is 0 Å². The number of ether oxygens (including phenoxy) is 3. The second-order valence-electron chi connectivity index (χ2n) is 5.50. The average molecular weight is 385 g/mol. The lowest BCUT2D eigenvalue weighted by Gasteiger charge is -2.35. The molecule has 1 aromatic heterocycles. The molecule has 2 rings (SSSR count). The molecular formula is C22H44N2O3. The van der Waals surface area contributed by atoms with Crippen molar-refractivity contribution in [2.45, 2.75) is 66.9 Å². The molecule has 5 nitrogen and oxygen atoms in total. The molecule has 0 unspecified atom stereocenters. The van der Waals surface area contributed by atoms with Gasteiger partial charge in [-0.25, -0.2) is 0 Å². The fourth-order valence-corrected chi connectivity index (χ4v) is 2.29. The molecule has 0 N–H and O–H groups in total. The number of hydrogen-bond acceptors (Lipinski definition) is 5. The number of likely N-dealkylation sites (tertiary alicyclic amines) is 1. The van der Waals surface area contributed by atoms with Crippen molar-refractivity contribution in [2.75, 3.05) is 47.1 Å². The van der Waals surface area contributed by atoms with Gasteiger partial charge in [-0.1, -0.05) is 41.5 Å². The van der Waals surface area contributed by atoms with E-state index >= 15 is 0 Å². The van der Waals surface area contributed by atoms with E-state index in [-0.39, 0.29) is 0 Å². The third kappa shape index (κ3) is 14.5. The van der Waals surface area contributed by atoms with Crippen molar-refractivity contribution in [1.29, 1.82) is 0 Å². The first-order chi connectivity index (χ1) is 13.3. The summed E-state index contributed by atoms with van der Waals surface area (Å²) in [6, 6.07) is 4.01. The highest BCUT2D eigenvalue weighted by Crippen LogP contribution is 2.12. The maximum absolute atomic E-state index is 5.76. The number of pyridine rings is 1. The van der Waals surface area contributed by atoms with Crippen molar-refractivity contribution in [3.8, 4) is 5.75 Å². The van der Waals surface area contributed by atoms with Gasteiger partial charge >= 0.3 is 0 Å². The molecule has 160 valence electrons. The number of nitrogens with zero attached hydrogens (tertiary/aromatic N) is 2. The summed E-state index contributed by atoms with van der Waals surface area (Å²) < 4.78 is 16.3. The highest BCUT2D eigenvalue weighted by molar-refractivity contribution is 5.19. The molecule has 1 aliphatic rings. The highest BCUT2D eigenvalue weighted by Gasteiger charge is 2.23. The maximum Gasteiger partial charge on any atom is 0.137 e. The second-order valence-corrected chi connectivity index (χ2v) is 5.50. The van der Waals surface area contributed by atoms with Crippen LogP contribution < -0.4 is 4.74 Å². The largest absolute Gasteiger partial charge is 0.492 e. The number of aromatic nitrogens is 1. The van der Waals surface area contributed by atoms with Crippen molar-refractivity contribution >= 4 is 0 Å². The van der Waals surface area contributed by atoms with E-state index in [2.05, 4.69) is 16.9 Å². The Kier molecular flexibility index (Phi) is 22.0. The van der Waals surface area contributed by atoms with Gasteiger partial charge in [0.25, 0.3) is 0 Å². The summed E-state index contributed by atoms with van der Waals surface area (Å²) in [7, 11) is 3.81. The first-order valence-electron chi connectivity index (χ1n) is 10.6. The monoisotopic (exact) mass is 384 g/mol. The molecule has 0 aromatic carbocycles. The molecule has 0 bridgehead atoms. The van der Waals surface area contributed by atoms with Gasteiger partial charge in [-0.05, 0) is 32.0 Å². The summed E-state index contributed by atoms with van der Waals surface area (Å²) in [5, 5.41) is 0. The van der Waals surface area contributed by atoms with E-state index in [1.807, 2.05) is 53.7 Å². The fourth-order valence-electron chi connectivity index (χ4n) is 2.29. The Labute approximate surface area is 168 Å². The first-order valence-corrected chi connectivity index (χ1v) is 10.6. The summed E-state index contributed by atoms with van der Waals surface area (Å²) in [5.41, 5.74) is 1.09. The highest BCUT2D eigenvalue weighted by atomic mass is 16.5. The number of hydrogen-bond donors (Lipinski definition) is 0. The Bertz CT molecular complexity index is 393. The number of likely N-dealkylation sites (N-methyl/N-ethyl adjacent to an activating group) is 1. The minimum atomic E-state index is 0.436. The molecule has 1 saturated heterocycles. The first kappa shape index (κ1) is 28.0. The van der Waals surface area contributed by atoms with Crippen molar-refractivity contribution in [1.82, 2.24) is 9.88 Å². The van der Waals surface area contributed by atoms with Crippen LogP contribution in [0.15, 0.2) is 18.3 Å². The topological polar surface area (TPSA) is 43.8 Å². The smallest absolute Gasteiger partial charge is 0.137 e. The van der Waals surface area contributed by atoms with Gasteiger partial charge < -0.3 is 19.1 Å². The average Bonchev–Trinajstić information content (AvgIpc) is 2.72. The molecule has 1 fully saturated rings. The number of aryl methyl sites for hydroxylation is 1. The van der Waals surface area contributed by atoms with E-state index in [1.165, 1.54) is 0 Å². The SMILES string of the molecule is CC.CC.CC.COCCCOc1ccc(CCCOC2CN(C)C2)nc1. The summed E-state index contributed by atoms with van der Waals surface area (Å²) in [6.45, 7) is 16.3. The Morgan fingerprint density at radius 3 is 2.15 bits per heavy atom. The maximum atomic E-state index is 5.76. The second kappa shape index (κ2) is 21.1. The predicted octanol–water partition coefficient (Wildman–Crippen LogP) is 4.84. The molecule has 2 heterocycles. The van der Waals surface area contributed by atoms with Crippen LogP contribution in [0.5, 0.6) is 5.75 Å². The molecule has 1 aromatic rings. The summed E-state index contributed by atoms with van der Waals surface area (Å²) in [5.74, 6) is 0.823. The van der Waals surface area contributed by atoms with Crippen molar-refractivity contribution < 1.29 is 14.2 Å². The zero-order valence-electron chi connectivity index (χ0n) is 19.1. The van der Waals surface area contributed by atoms with Gasteiger partial charge in [-0.2, -0.15) is 0 Å². The Morgan fingerprint density at radius 2 is 1.63 bits per heavy atom. The van der Waals surface area contributed by atoms with E-state index in [1.54, 1.807) is 13.3 Å². The molecule has 0 radical (unpaired) electrons. The molecular weight excluding hydrogens is 340 g/mol. The van der Waals surface area contributed by atoms with Crippen LogP contribution in [-0.2, 0) is 15.9 Å². The Balaban J connectivity index is 0. The minimum Gasteiger partial charge on any atom is -0.492 e. The quantitative estimate of drug-likeness (QED) is 0.540. The molecule has 27 heavy (non-hydrogen) atoms. The molecule has 0 aliphatic carbocycles. The Hall–Kier alpha value is -1.17. The van der Waals surface area contributed by atoms with Gasteiger partial charge in [0.15, 0.2) is 0 Å². The molecule has 5 heteroatoms. The van der Waals surface area contributed by atoms with E-state index in [0.29, 0.717) is 12.7 Å². The lowest BCUT2D eigenvalue weighted by Crippen LogP contribution is -2.49. The van der Waals surface area contributed by atoms with Gasteiger partial charge in [-0.3, -0.25) is 4.98 Å². The van der Waals surface area contributed by atoms with Crippen LogP contribution in [0.4, 0.5) is 0 Å². The molecule has 1 aliphatic heterocycles. The standard InChI is InChI=1S/C16H26N2O3.3C2H6/c1-18-12-16(13-18)21-9-3-5-14-6-7-15(11-17-14)20-10-4-8-19-2;3*1-2/h6-7,11,16H,3-5,8-10,12-13H2,1-2H3;3*1-2H3. The third-order valence-corrected chi connectivity index (χ3v) is 3.52. The van der Waals surface area contributed by atoms with Crippen molar-refractivity contribution in [3.05, 3.63) is 24.0 Å². The van der Waals surface area contributed by atoms with E-state index in [0.717, 1.165) is 57.0 Å². The van der Waals surface area contributed by atoms with Crippen LogP contribution in [0.1, 0.15) is 60.1 Å². The van der Waals surface area contributed by atoms with Crippen LogP contribution >= 0.6 is 0 Å². The lowest BCUT2D eigenvalue weighted by atomic mass is 10.2. The van der Waals surface area contributed by atoms with Crippen LogP contribution in [0, 0.1) is 0 Å². The van der Waals surface area contributed by atoms with Crippen LogP contribution in [0.25, 0.3) is 0 Å². The van der Waals surface area contributed by atoms with E-state index in [4.69, 9.17) is 14.2 Å². The Morgan fingerprint density at radius 1 is 0.963 bits per heavy atom. The summed E-state index contributed by atoms with van der Waals surface area (Å²) in [4.78, 5) is 6.68. The number of methoxy groups -OCH3 is 1. The minimum absolute atomic E-state index is 0.436. The van der Waals surface area contributed by atoms with Gasteiger partial charge in [0, 0.05) is 45.5 Å². The van der Waals surface area contributed by atoms with E-state index in [9.17, 15) is 0 Å². The molecule has 0 atom stereocenters. The fraction of sp³-hybridized carbons (Fsp3) is 0.773. The summed E-state index contributed by atoms with van der Waals surface area (Å²) >= 11 is 0. The zero-order valence-corrected chi connectivity index (χ0v) is 19.1. The van der Waals surface area contributed by atoms with Crippen LogP contribution in [0.3, 0.4) is 0 Å². The lowest BCUT2D eigenvalue weighted by molar-refractivity contribution is -0.0436. The zero-order chi connectivity index (χ0) is 20.9. The molecule has 0 spiro atoms. The molecule has 0 saturated carbocycles. The van der Waals surface area contributed by atoms with Gasteiger partial charge in [0.05, 0.1) is 18.9 Å². The predicted molar refractivity (Wildman–Crippen MR) is 116 cm³/mol. The summed E-state index contributed by atoms with van der Waals surface area (Å²) in [6.07, 6.45) is 5.09. The van der Waals surface area contributed by atoms with Gasteiger partial charge in [0.2, 0.25) is 0 Å².